The average molecular weight is 430 g/mol. The Morgan fingerprint density at radius 2 is 1.73 bits per heavy atom. The lowest BCUT2D eigenvalue weighted by Gasteiger charge is -2.10. The molecule has 2 aromatic rings. The Bertz CT molecular complexity index is 886. The molecule has 0 atom stereocenters. The summed E-state index contributed by atoms with van der Waals surface area (Å²) in [6, 6.07) is 14.8. The molecule has 0 aromatic heterocycles. The van der Waals surface area contributed by atoms with Gasteiger partial charge in [0, 0.05) is 10.6 Å². The van der Waals surface area contributed by atoms with Crippen LogP contribution in [0.25, 0.3) is 11.6 Å². The van der Waals surface area contributed by atoms with Gasteiger partial charge in [0.15, 0.2) is 0 Å². The first-order valence-electron chi connectivity index (χ1n) is 9.55. The molecule has 0 bridgehead atoms. The summed E-state index contributed by atoms with van der Waals surface area (Å²) in [5.74, 6) is -0.486. The van der Waals surface area contributed by atoms with Crippen LogP contribution >= 0.6 is 11.6 Å². The molecule has 5 nitrogen and oxygen atoms in total. The maximum Gasteiger partial charge on any atom is 0.341 e. The molecule has 160 valence electrons. The molecule has 2 aromatic carbocycles. The van der Waals surface area contributed by atoms with E-state index in [-0.39, 0.29) is 6.61 Å². The molecule has 0 aliphatic carbocycles. The topological polar surface area (TPSA) is 57.1 Å². The Labute approximate surface area is 183 Å². The van der Waals surface area contributed by atoms with Gasteiger partial charge in [-0.3, -0.25) is 0 Å². The molecule has 0 saturated heterocycles. The zero-order valence-electron chi connectivity index (χ0n) is 18.0. The van der Waals surface area contributed by atoms with Crippen LogP contribution in [0, 0.1) is 0 Å². The van der Waals surface area contributed by atoms with Crippen LogP contribution in [0.15, 0.2) is 66.0 Å². The fourth-order valence-electron chi connectivity index (χ4n) is 2.38. The van der Waals surface area contributed by atoms with E-state index in [1.54, 1.807) is 6.07 Å². The number of carbonyl (C=O) groups excluding carboxylic acids is 1. The number of methoxy groups -OCH3 is 2. The van der Waals surface area contributed by atoms with Crippen molar-refractivity contribution in [1.82, 2.24) is 0 Å². The summed E-state index contributed by atoms with van der Waals surface area (Å²) in [5, 5.41) is 4.79. The maximum absolute atomic E-state index is 12.0. The van der Waals surface area contributed by atoms with Gasteiger partial charge in [-0.25, -0.2) is 4.79 Å². The minimum absolute atomic E-state index is 0.195. The molecule has 2 rings (SSSR count). The predicted molar refractivity (Wildman–Crippen MR) is 123 cm³/mol. The lowest BCUT2D eigenvalue weighted by Crippen LogP contribution is -2.07. The molecule has 30 heavy (non-hydrogen) atoms. The minimum atomic E-state index is -0.486. The molecule has 6 heteroatoms. The third kappa shape index (κ3) is 8.13. The second-order valence-corrected chi connectivity index (χ2v) is 6.24. The molecule has 0 radical (unpaired) electrons. The molecule has 0 fully saturated rings. The smallest absolute Gasteiger partial charge is 0.341 e. The molecule has 0 N–H and O–H groups in total. The van der Waals surface area contributed by atoms with Crippen LogP contribution in [0.5, 0.6) is 0 Å². The molecule has 0 amide bonds. The van der Waals surface area contributed by atoms with E-state index in [0.717, 1.165) is 11.1 Å². The molecule has 0 aliphatic rings. The van der Waals surface area contributed by atoms with Crippen molar-refractivity contribution in [1.29, 1.82) is 0 Å². The van der Waals surface area contributed by atoms with Crippen molar-refractivity contribution < 1.29 is 19.1 Å². The van der Waals surface area contributed by atoms with Crippen LogP contribution in [-0.4, -0.2) is 25.9 Å². The van der Waals surface area contributed by atoms with E-state index in [4.69, 9.17) is 25.9 Å². The highest BCUT2D eigenvalue weighted by Gasteiger charge is 2.16. The maximum atomic E-state index is 12.0. The van der Waals surface area contributed by atoms with Crippen molar-refractivity contribution in [2.24, 2.45) is 5.16 Å². The van der Waals surface area contributed by atoms with E-state index >= 15 is 0 Å². The summed E-state index contributed by atoms with van der Waals surface area (Å²) >= 11 is 5.88. The normalized spacial score (nSPS) is 11.5. The zero-order chi connectivity index (χ0) is 22.4. The molecule has 0 aliphatic heterocycles. The highest BCUT2D eigenvalue weighted by atomic mass is 35.5. The van der Waals surface area contributed by atoms with Crippen LogP contribution in [0.2, 0.25) is 5.02 Å². The molecular weight excluding hydrogens is 402 g/mol. The summed E-state index contributed by atoms with van der Waals surface area (Å²) in [6.07, 6.45) is 5.12. The Balaban J connectivity index is 0.00000218. The Morgan fingerprint density at radius 1 is 1.07 bits per heavy atom. The third-order valence-corrected chi connectivity index (χ3v) is 4.02. The van der Waals surface area contributed by atoms with Crippen molar-refractivity contribution in [3.05, 3.63) is 82.6 Å². The number of halogens is 1. The summed E-state index contributed by atoms with van der Waals surface area (Å²) in [4.78, 5) is 17.5. The molecular formula is C24H28ClNO4. The largest absolute Gasteiger partial charge is 0.503 e. The first-order chi connectivity index (χ1) is 14.5. The second-order valence-electron chi connectivity index (χ2n) is 5.81. The van der Waals surface area contributed by atoms with Crippen LogP contribution in [-0.2, 0) is 25.7 Å². The van der Waals surface area contributed by atoms with Crippen LogP contribution < -0.4 is 0 Å². The molecule has 0 heterocycles. The molecule has 0 saturated carbocycles. The van der Waals surface area contributed by atoms with Gasteiger partial charge in [-0.1, -0.05) is 73.1 Å². The van der Waals surface area contributed by atoms with Gasteiger partial charge >= 0.3 is 5.97 Å². The number of ether oxygens (including phenoxy) is 2. The van der Waals surface area contributed by atoms with Crippen molar-refractivity contribution in [3.8, 4) is 0 Å². The lowest BCUT2D eigenvalue weighted by atomic mass is 10.0. The molecule has 0 spiro atoms. The number of hydrogen-bond donors (Lipinski definition) is 0. The summed E-state index contributed by atoms with van der Waals surface area (Å²) in [7, 11) is 2.80. The highest BCUT2D eigenvalue weighted by molar-refractivity contribution is 6.30. The van der Waals surface area contributed by atoms with Gasteiger partial charge in [0.05, 0.1) is 26.2 Å². The fourth-order valence-corrected chi connectivity index (χ4v) is 2.51. The summed E-state index contributed by atoms with van der Waals surface area (Å²) < 4.78 is 9.84. The van der Waals surface area contributed by atoms with Gasteiger partial charge in [-0.15, -0.1) is 0 Å². The monoisotopic (exact) mass is 429 g/mol. The third-order valence-electron chi connectivity index (χ3n) is 3.76. The van der Waals surface area contributed by atoms with E-state index in [1.165, 1.54) is 20.5 Å². The summed E-state index contributed by atoms with van der Waals surface area (Å²) in [5.41, 5.74) is 3.48. The number of allylic oxidation sites excluding steroid dienone is 1. The first kappa shape index (κ1) is 25.0. The van der Waals surface area contributed by atoms with Crippen LogP contribution in [0.1, 0.15) is 37.5 Å². The number of hydrogen-bond acceptors (Lipinski definition) is 5. The van der Waals surface area contributed by atoms with Crippen LogP contribution in [0.4, 0.5) is 0 Å². The Kier molecular flexibility index (Phi) is 11.7. The zero-order valence-corrected chi connectivity index (χ0v) is 18.8. The van der Waals surface area contributed by atoms with Crippen molar-refractivity contribution in [2.75, 3.05) is 14.2 Å². The number of rotatable bonds is 8. The highest BCUT2D eigenvalue weighted by Crippen LogP contribution is 2.21. The van der Waals surface area contributed by atoms with E-state index in [2.05, 4.69) is 5.16 Å². The molecule has 0 unspecified atom stereocenters. The van der Waals surface area contributed by atoms with Crippen molar-refractivity contribution in [3.63, 3.8) is 0 Å². The number of oxime groups is 1. The standard InChI is InChI=1S/C22H22ClNO4.C2H6/c1-16(8-9-17-10-12-19(23)13-11-17)24-28-14-18-6-4-5-7-20(18)21(15-26-2)22(25)27-3;1-2/h4-13,15H,14H2,1-3H3;1-2H3/b9-8+,21-15+,24-16+;. The first-order valence-corrected chi connectivity index (χ1v) is 9.92. The Morgan fingerprint density at radius 3 is 2.37 bits per heavy atom. The predicted octanol–water partition coefficient (Wildman–Crippen LogP) is 6.13. The van der Waals surface area contributed by atoms with Gasteiger partial charge < -0.3 is 14.3 Å². The van der Waals surface area contributed by atoms with Gasteiger partial charge in [-0.2, -0.15) is 0 Å². The van der Waals surface area contributed by atoms with E-state index in [9.17, 15) is 4.79 Å². The lowest BCUT2D eigenvalue weighted by molar-refractivity contribution is -0.133. The van der Waals surface area contributed by atoms with Gasteiger partial charge in [0.1, 0.15) is 12.2 Å². The Hall–Kier alpha value is -3.05. The SMILES string of the molecule is CC.CO/C=C(/C(=O)OC)c1ccccc1CO/N=C(C)/C=C/c1ccc(Cl)cc1. The van der Waals surface area contributed by atoms with Gasteiger partial charge in [-0.05, 0) is 36.3 Å². The van der Waals surface area contributed by atoms with Gasteiger partial charge in [0.25, 0.3) is 0 Å². The van der Waals surface area contributed by atoms with Crippen molar-refractivity contribution in [2.45, 2.75) is 27.4 Å². The average Bonchev–Trinajstić information content (AvgIpc) is 2.78. The fraction of sp³-hybridized carbons (Fsp3) is 0.250. The second kappa shape index (κ2) is 14.0. The minimum Gasteiger partial charge on any atom is -0.503 e. The number of benzene rings is 2. The van der Waals surface area contributed by atoms with E-state index in [0.29, 0.717) is 21.9 Å². The number of esters is 1. The summed E-state index contributed by atoms with van der Waals surface area (Å²) in [6.45, 7) is 6.03. The number of nitrogens with zero attached hydrogens (tertiary/aromatic N) is 1. The van der Waals surface area contributed by atoms with E-state index in [1.807, 2.05) is 75.4 Å². The van der Waals surface area contributed by atoms with Gasteiger partial charge in [0.2, 0.25) is 0 Å². The van der Waals surface area contributed by atoms with E-state index < -0.39 is 5.97 Å². The van der Waals surface area contributed by atoms with Crippen LogP contribution in [0.3, 0.4) is 0 Å². The number of carbonyl (C=O) groups is 1. The quantitative estimate of drug-likeness (QED) is 0.166. The van der Waals surface area contributed by atoms with Crippen molar-refractivity contribution >= 4 is 34.9 Å².